The van der Waals surface area contributed by atoms with Gasteiger partial charge < -0.3 is 5.32 Å². The van der Waals surface area contributed by atoms with Crippen LogP contribution in [0.5, 0.6) is 0 Å². The van der Waals surface area contributed by atoms with Gasteiger partial charge in [0, 0.05) is 6.54 Å². The molecule has 0 unspecified atom stereocenters. The predicted octanol–water partition coefficient (Wildman–Crippen LogP) is 2.49. The number of halogens is 1. The van der Waals surface area contributed by atoms with Crippen LogP contribution in [-0.4, -0.2) is 21.4 Å². The molecule has 0 radical (unpaired) electrons. The zero-order valence-electron chi connectivity index (χ0n) is 10.8. The highest BCUT2D eigenvalue weighted by Gasteiger charge is 2.06. The fourth-order valence-electron chi connectivity index (χ4n) is 1.76. The van der Waals surface area contributed by atoms with E-state index >= 15 is 0 Å². The van der Waals surface area contributed by atoms with Crippen LogP contribution in [0.2, 0.25) is 0 Å². The molecule has 0 bridgehead atoms. The van der Waals surface area contributed by atoms with Crippen molar-refractivity contribution in [1.82, 2.24) is 9.97 Å². The van der Waals surface area contributed by atoms with Crippen molar-refractivity contribution in [3.8, 4) is 0 Å². The molecule has 0 saturated heterocycles. The summed E-state index contributed by atoms with van der Waals surface area (Å²) in [6.45, 7) is 2.41. The van der Waals surface area contributed by atoms with Crippen molar-refractivity contribution in [3.05, 3.63) is 57.7 Å². The number of nitrogens with one attached hydrogen (secondary N) is 1. The molecule has 0 amide bonds. The van der Waals surface area contributed by atoms with Crippen LogP contribution in [-0.2, 0) is 6.42 Å². The Hall–Kier alpha value is -2.57. The summed E-state index contributed by atoms with van der Waals surface area (Å²) in [6.07, 6.45) is 2.99. The van der Waals surface area contributed by atoms with Crippen molar-refractivity contribution in [1.29, 1.82) is 0 Å². The molecular formula is C13H13FN4O2. The van der Waals surface area contributed by atoms with Gasteiger partial charge in [-0.25, -0.2) is 14.4 Å². The molecule has 6 nitrogen and oxygen atoms in total. The van der Waals surface area contributed by atoms with Crippen LogP contribution in [0.15, 0.2) is 30.6 Å². The van der Waals surface area contributed by atoms with E-state index in [1.54, 1.807) is 6.07 Å². The van der Waals surface area contributed by atoms with Gasteiger partial charge in [0.05, 0.1) is 4.92 Å². The topological polar surface area (TPSA) is 81.0 Å². The summed E-state index contributed by atoms with van der Waals surface area (Å²) >= 11 is 0. The number of aryl methyl sites for hydroxylation is 1. The lowest BCUT2D eigenvalue weighted by molar-refractivity contribution is -0.385. The minimum absolute atomic E-state index is 0.148. The van der Waals surface area contributed by atoms with Crippen molar-refractivity contribution in [2.75, 3.05) is 11.9 Å². The van der Waals surface area contributed by atoms with Crippen molar-refractivity contribution in [2.24, 2.45) is 0 Å². The lowest BCUT2D eigenvalue weighted by Gasteiger charge is -2.07. The van der Waals surface area contributed by atoms with E-state index in [0.717, 1.165) is 23.5 Å². The lowest BCUT2D eigenvalue weighted by atomic mass is 10.1. The molecular weight excluding hydrogens is 263 g/mol. The molecule has 1 N–H and O–H groups in total. The number of anilines is 1. The molecule has 0 fully saturated rings. The van der Waals surface area contributed by atoms with E-state index in [-0.39, 0.29) is 11.5 Å². The predicted molar refractivity (Wildman–Crippen MR) is 72.0 cm³/mol. The van der Waals surface area contributed by atoms with Crippen molar-refractivity contribution >= 4 is 11.6 Å². The molecule has 2 rings (SSSR count). The molecule has 1 aromatic carbocycles. The Morgan fingerprint density at radius 2 is 2.05 bits per heavy atom. The third-order valence-corrected chi connectivity index (χ3v) is 2.83. The first-order valence-electron chi connectivity index (χ1n) is 6.01. The molecule has 1 heterocycles. The summed E-state index contributed by atoms with van der Waals surface area (Å²) in [5.74, 6) is 0.0771. The largest absolute Gasteiger partial charge is 0.354 e. The van der Waals surface area contributed by atoms with Crippen LogP contribution in [0, 0.1) is 22.9 Å². The van der Waals surface area contributed by atoms with Crippen LogP contribution < -0.4 is 5.32 Å². The van der Waals surface area contributed by atoms with Gasteiger partial charge in [0.1, 0.15) is 18.2 Å². The Bertz CT molecular complexity index is 616. The fourth-order valence-corrected chi connectivity index (χ4v) is 1.76. The first kappa shape index (κ1) is 13.9. The quantitative estimate of drug-likeness (QED) is 0.670. The molecule has 0 aliphatic heterocycles. The van der Waals surface area contributed by atoms with E-state index in [0.29, 0.717) is 18.9 Å². The van der Waals surface area contributed by atoms with E-state index in [1.807, 2.05) is 6.92 Å². The third-order valence-electron chi connectivity index (χ3n) is 2.83. The van der Waals surface area contributed by atoms with Gasteiger partial charge in [0.2, 0.25) is 5.95 Å². The maximum absolute atomic E-state index is 12.9. The van der Waals surface area contributed by atoms with Crippen LogP contribution in [0.1, 0.15) is 11.1 Å². The third kappa shape index (κ3) is 3.47. The molecule has 2 aromatic rings. The van der Waals surface area contributed by atoms with E-state index < -0.39 is 4.92 Å². The van der Waals surface area contributed by atoms with Crippen LogP contribution in [0.4, 0.5) is 16.0 Å². The van der Waals surface area contributed by atoms with E-state index in [4.69, 9.17) is 0 Å². The summed E-state index contributed by atoms with van der Waals surface area (Å²) in [7, 11) is 0. The van der Waals surface area contributed by atoms with Gasteiger partial charge in [-0.1, -0.05) is 6.07 Å². The second kappa shape index (κ2) is 6.05. The monoisotopic (exact) mass is 276 g/mol. The van der Waals surface area contributed by atoms with Crippen molar-refractivity contribution in [2.45, 2.75) is 13.3 Å². The van der Waals surface area contributed by atoms with Gasteiger partial charge in [0.25, 0.3) is 0 Å². The maximum atomic E-state index is 12.9. The molecule has 20 heavy (non-hydrogen) atoms. The minimum Gasteiger partial charge on any atom is -0.354 e. The summed E-state index contributed by atoms with van der Waals surface area (Å²) in [5, 5.41) is 13.4. The Morgan fingerprint density at radius 1 is 1.35 bits per heavy atom. The normalized spacial score (nSPS) is 10.3. The smallest absolute Gasteiger partial charge is 0.305 e. The van der Waals surface area contributed by atoms with Gasteiger partial charge in [0.15, 0.2) is 0 Å². The molecule has 104 valence electrons. The average Bonchev–Trinajstić information content (AvgIpc) is 2.42. The fraction of sp³-hybridized carbons (Fsp3) is 0.231. The number of rotatable bonds is 5. The average molecular weight is 276 g/mol. The maximum Gasteiger partial charge on any atom is 0.305 e. The molecule has 7 heteroatoms. The summed E-state index contributed by atoms with van der Waals surface area (Å²) in [4.78, 5) is 17.6. The molecule has 0 aliphatic rings. The number of nitrogens with zero attached hydrogens (tertiary/aromatic N) is 3. The van der Waals surface area contributed by atoms with Gasteiger partial charge in [-0.3, -0.25) is 10.1 Å². The number of hydrogen-bond acceptors (Lipinski definition) is 5. The van der Waals surface area contributed by atoms with Crippen LogP contribution in [0.25, 0.3) is 0 Å². The molecule has 0 atom stereocenters. The zero-order chi connectivity index (χ0) is 14.5. The van der Waals surface area contributed by atoms with Crippen molar-refractivity contribution < 1.29 is 9.31 Å². The Kier molecular flexibility index (Phi) is 4.19. The van der Waals surface area contributed by atoms with Gasteiger partial charge in [-0.05, 0) is 36.6 Å². The van der Waals surface area contributed by atoms with Gasteiger partial charge in [-0.15, -0.1) is 0 Å². The summed E-state index contributed by atoms with van der Waals surface area (Å²) in [5.41, 5.74) is 1.77. The molecule has 0 saturated carbocycles. The highest BCUT2D eigenvalue weighted by molar-refractivity contribution is 5.32. The molecule has 1 aromatic heterocycles. The summed E-state index contributed by atoms with van der Waals surface area (Å²) < 4.78 is 12.9. The SMILES string of the molecule is Cc1cc(F)ccc1CCNc1ncc([N+](=O)[O-])cn1. The Balaban J connectivity index is 1.91. The lowest BCUT2D eigenvalue weighted by Crippen LogP contribution is -2.08. The second-order valence-corrected chi connectivity index (χ2v) is 4.27. The highest BCUT2D eigenvalue weighted by Crippen LogP contribution is 2.11. The first-order valence-corrected chi connectivity index (χ1v) is 6.01. The van der Waals surface area contributed by atoms with Crippen LogP contribution in [0.3, 0.4) is 0 Å². The Morgan fingerprint density at radius 3 is 2.65 bits per heavy atom. The number of aromatic nitrogens is 2. The van der Waals surface area contributed by atoms with E-state index in [2.05, 4.69) is 15.3 Å². The minimum atomic E-state index is -0.550. The standard InChI is InChI=1S/C13H13FN4O2/c1-9-6-11(14)3-2-10(9)4-5-15-13-16-7-12(8-17-13)18(19)20/h2-3,6-8H,4-5H2,1H3,(H,15,16,17). The highest BCUT2D eigenvalue weighted by atomic mass is 19.1. The number of hydrogen-bond donors (Lipinski definition) is 1. The van der Waals surface area contributed by atoms with Gasteiger partial charge in [-0.2, -0.15) is 0 Å². The molecule has 0 spiro atoms. The Labute approximate surface area is 114 Å². The van der Waals surface area contributed by atoms with E-state index in [1.165, 1.54) is 12.1 Å². The van der Waals surface area contributed by atoms with Crippen LogP contribution >= 0.6 is 0 Å². The zero-order valence-corrected chi connectivity index (χ0v) is 10.8. The van der Waals surface area contributed by atoms with E-state index in [9.17, 15) is 14.5 Å². The van der Waals surface area contributed by atoms with Gasteiger partial charge >= 0.3 is 5.69 Å². The summed E-state index contributed by atoms with van der Waals surface area (Å²) in [6, 6.07) is 4.64. The second-order valence-electron chi connectivity index (χ2n) is 4.27. The van der Waals surface area contributed by atoms with Crippen molar-refractivity contribution in [3.63, 3.8) is 0 Å². The number of nitro groups is 1. The molecule has 0 aliphatic carbocycles. The first-order chi connectivity index (χ1) is 9.56. The number of benzene rings is 1.